The fraction of sp³-hybridized carbons (Fsp3) is 0.176. The van der Waals surface area contributed by atoms with Crippen LogP contribution in [0.2, 0.25) is 0 Å². The van der Waals surface area contributed by atoms with E-state index >= 15 is 0 Å². The Balaban J connectivity index is 1.79. The van der Waals surface area contributed by atoms with Gasteiger partial charge in [0.05, 0.1) is 5.52 Å². The summed E-state index contributed by atoms with van der Waals surface area (Å²) in [5.74, 6) is -0.823. The highest BCUT2D eigenvalue weighted by atomic mass is 79.9. The zero-order valence-electron chi connectivity index (χ0n) is 12.5. The van der Waals surface area contributed by atoms with Crippen molar-refractivity contribution < 1.29 is 9.21 Å². The van der Waals surface area contributed by atoms with Crippen molar-refractivity contribution in [1.82, 2.24) is 4.57 Å². The van der Waals surface area contributed by atoms with Gasteiger partial charge in [-0.25, -0.2) is 4.79 Å². The summed E-state index contributed by atoms with van der Waals surface area (Å²) in [6.07, 6.45) is 0.945. The fourth-order valence-corrected chi connectivity index (χ4v) is 2.70. The first kappa shape index (κ1) is 15.6. The van der Waals surface area contributed by atoms with E-state index in [-0.39, 0.29) is 12.5 Å². The van der Waals surface area contributed by atoms with Crippen molar-refractivity contribution in [3.05, 3.63) is 63.1 Å². The van der Waals surface area contributed by atoms with Crippen LogP contribution in [-0.2, 0) is 17.8 Å². The molecule has 0 atom stereocenters. The molecule has 3 rings (SSSR count). The van der Waals surface area contributed by atoms with Gasteiger partial charge < -0.3 is 9.73 Å². The van der Waals surface area contributed by atoms with Crippen molar-refractivity contribution >= 4 is 38.6 Å². The minimum Gasteiger partial charge on any atom is -0.408 e. The predicted molar refractivity (Wildman–Crippen MR) is 92.6 cm³/mol. The molecule has 0 radical (unpaired) electrons. The number of carbonyl (C=O) groups is 1. The largest absolute Gasteiger partial charge is 0.420 e. The zero-order valence-corrected chi connectivity index (χ0v) is 14.1. The van der Waals surface area contributed by atoms with Gasteiger partial charge in [-0.2, -0.15) is 0 Å². The molecule has 0 bridgehead atoms. The summed E-state index contributed by atoms with van der Waals surface area (Å²) in [5, 5.41) is 2.79. The highest BCUT2D eigenvalue weighted by Gasteiger charge is 2.13. The van der Waals surface area contributed by atoms with Gasteiger partial charge in [-0.1, -0.05) is 35.0 Å². The monoisotopic (exact) mass is 374 g/mol. The Bertz CT molecular complexity index is 910. The second-order valence-corrected chi connectivity index (χ2v) is 6.08. The summed E-state index contributed by atoms with van der Waals surface area (Å²) in [5.41, 5.74) is 2.94. The normalized spacial score (nSPS) is 10.9. The van der Waals surface area contributed by atoms with Crippen molar-refractivity contribution in [2.45, 2.75) is 19.9 Å². The molecule has 0 fully saturated rings. The average molecular weight is 375 g/mol. The van der Waals surface area contributed by atoms with Crippen LogP contribution in [-0.4, -0.2) is 10.5 Å². The quantitative estimate of drug-likeness (QED) is 0.759. The summed E-state index contributed by atoms with van der Waals surface area (Å²) >= 11 is 3.32. The van der Waals surface area contributed by atoms with Gasteiger partial charge in [0, 0.05) is 10.2 Å². The van der Waals surface area contributed by atoms with Gasteiger partial charge >= 0.3 is 5.76 Å². The maximum absolute atomic E-state index is 12.2. The number of aromatic nitrogens is 1. The lowest BCUT2D eigenvalue weighted by atomic mass is 10.1. The third-order valence-electron chi connectivity index (χ3n) is 3.58. The molecule has 0 aliphatic heterocycles. The summed E-state index contributed by atoms with van der Waals surface area (Å²) in [4.78, 5) is 24.1. The van der Waals surface area contributed by atoms with E-state index in [1.165, 1.54) is 10.1 Å². The second-order valence-electron chi connectivity index (χ2n) is 5.16. The van der Waals surface area contributed by atoms with E-state index in [1.807, 2.05) is 24.3 Å². The molecule has 23 heavy (non-hydrogen) atoms. The van der Waals surface area contributed by atoms with E-state index in [0.717, 1.165) is 10.9 Å². The van der Waals surface area contributed by atoms with Gasteiger partial charge in [0.1, 0.15) is 6.54 Å². The first-order valence-electron chi connectivity index (χ1n) is 7.24. The molecule has 6 heteroatoms. The highest BCUT2D eigenvalue weighted by Crippen LogP contribution is 2.19. The van der Waals surface area contributed by atoms with Crippen LogP contribution in [0.15, 0.2) is 56.1 Å². The van der Waals surface area contributed by atoms with Crippen molar-refractivity contribution in [2.24, 2.45) is 0 Å². The van der Waals surface area contributed by atoms with Gasteiger partial charge in [-0.15, -0.1) is 0 Å². The fourth-order valence-electron chi connectivity index (χ4n) is 2.36. The third kappa shape index (κ3) is 3.37. The molecule has 0 saturated heterocycles. The standard InChI is InChI=1S/C17H15BrN2O3/c1-2-11-3-6-13(7-4-11)19-16(21)10-20-14-8-5-12(18)9-15(14)23-17(20)22/h3-9H,2,10H2,1H3,(H,19,21). The molecule has 2 aromatic carbocycles. The topological polar surface area (TPSA) is 64.2 Å². The number of nitrogens with one attached hydrogen (secondary N) is 1. The Hall–Kier alpha value is -2.34. The number of amides is 1. The first-order chi connectivity index (χ1) is 11.1. The highest BCUT2D eigenvalue weighted by molar-refractivity contribution is 9.10. The zero-order chi connectivity index (χ0) is 16.4. The maximum atomic E-state index is 12.2. The smallest absolute Gasteiger partial charge is 0.408 e. The molecule has 1 heterocycles. The van der Waals surface area contributed by atoms with E-state index in [0.29, 0.717) is 16.8 Å². The summed E-state index contributed by atoms with van der Waals surface area (Å²) in [6, 6.07) is 12.9. The van der Waals surface area contributed by atoms with Crippen LogP contribution < -0.4 is 11.1 Å². The van der Waals surface area contributed by atoms with Gasteiger partial charge in [-0.05, 0) is 42.3 Å². The number of hydrogen-bond acceptors (Lipinski definition) is 3. The molecule has 1 N–H and O–H groups in total. The number of halogens is 1. The maximum Gasteiger partial charge on any atom is 0.420 e. The molecule has 0 aliphatic rings. The summed E-state index contributed by atoms with van der Waals surface area (Å²) < 4.78 is 7.29. The molecular weight excluding hydrogens is 360 g/mol. The number of hydrogen-bond donors (Lipinski definition) is 1. The van der Waals surface area contributed by atoms with Gasteiger partial charge in [0.2, 0.25) is 5.91 Å². The molecular formula is C17H15BrN2O3. The van der Waals surface area contributed by atoms with Crippen molar-refractivity contribution in [3.63, 3.8) is 0 Å². The van der Waals surface area contributed by atoms with E-state index < -0.39 is 5.76 Å². The Morgan fingerprint density at radius 1 is 1.22 bits per heavy atom. The molecule has 1 aromatic heterocycles. The summed E-state index contributed by atoms with van der Waals surface area (Å²) in [6.45, 7) is 1.98. The summed E-state index contributed by atoms with van der Waals surface area (Å²) in [7, 11) is 0. The Morgan fingerprint density at radius 2 is 1.96 bits per heavy atom. The third-order valence-corrected chi connectivity index (χ3v) is 4.07. The average Bonchev–Trinajstić information content (AvgIpc) is 2.83. The number of benzene rings is 2. The molecule has 3 aromatic rings. The molecule has 0 aliphatic carbocycles. The van der Waals surface area contributed by atoms with Crippen LogP contribution in [0.4, 0.5) is 5.69 Å². The Morgan fingerprint density at radius 3 is 2.65 bits per heavy atom. The van der Waals surface area contributed by atoms with Gasteiger partial charge in [0.15, 0.2) is 5.58 Å². The minimum atomic E-state index is -0.547. The van der Waals surface area contributed by atoms with E-state index in [2.05, 4.69) is 28.2 Å². The molecule has 1 amide bonds. The van der Waals surface area contributed by atoms with Crippen molar-refractivity contribution in [2.75, 3.05) is 5.32 Å². The van der Waals surface area contributed by atoms with Crippen LogP contribution in [0.3, 0.4) is 0 Å². The minimum absolute atomic E-state index is 0.0943. The molecule has 5 nitrogen and oxygen atoms in total. The van der Waals surface area contributed by atoms with Gasteiger partial charge in [-0.3, -0.25) is 9.36 Å². The number of carbonyl (C=O) groups excluding carboxylic acids is 1. The number of fused-ring (bicyclic) bond motifs is 1. The van der Waals surface area contributed by atoms with E-state index in [9.17, 15) is 9.59 Å². The SMILES string of the molecule is CCc1ccc(NC(=O)Cn2c(=O)oc3cc(Br)ccc32)cc1. The predicted octanol–water partition coefficient (Wildman–Crippen LogP) is 3.56. The Labute approximate surface area is 141 Å². The molecule has 0 saturated carbocycles. The van der Waals surface area contributed by atoms with Crippen LogP contribution in [0, 0.1) is 0 Å². The molecule has 118 valence electrons. The van der Waals surface area contributed by atoms with E-state index in [4.69, 9.17) is 4.42 Å². The number of nitrogens with zero attached hydrogens (tertiary/aromatic N) is 1. The first-order valence-corrected chi connectivity index (χ1v) is 8.04. The van der Waals surface area contributed by atoms with Crippen LogP contribution in [0.1, 0.15) is 12.5 Å². The lowest BCUT2D eigenvalue weighted by molar-refractivity contribution is -0.116. The van der Waals surface area contributed by atoms with Crippen molar-refractivity contribution in [3.8, 4) is 0 Å². The number of oxazole rings is 1. The van der Waals surface area contributed by atoms with Crippen LogP contribution >= 0.6 is 15.9 Å². The van der Waals surface area contributed by atoms with Gasteiger partial charge in [0.25, 0.3) is 0 Å². The molecule has 0 spiro atoms. The lowest BCUT2D eigenvalue weighted by Gasteiger charge is -2.06. The van der Waals surface area contributed by atoms with Crippen LogP contribution in [0.5, 0.6) is 0 Å². The lowest BCUT2D eigenvalue weighted by Crippen LogP contribution is -2.24. The number of rotatable bonds is 4. The van der Waals surface area contributed by atoms with Crippen molar-refractivity contribution in [1.29, 1.82) is 0 Å². The second kappa shape index (κ2) is 6.42. The molecule has 0 unspecified atom stereocenters. The Kier molecular flexibility index (Phi) is 4.34. The van der Waals surface area contributed by atoms with E-state index in [1.54, 1.807) is 18.2 Å². The number of anilines is 1. The number of aryl methyl sites for hydroxylation is 1. The van der Waals surface area contributed by atoms with Crippen LogP contribution in [0.25, 0.3) is 11.1 Å².